The van der Waals surface area contributed by atoms with E-state index in [4.69, 9.17) is 5.73 Å². The maximum Gasteiger partial charge on any atom is 0.123 e. The molecule has 0 spiro atoms. The van der Waals surface area contributed by atoms with E-state index in [9.17, 15) is 0 Å². The van der Waals surface area contributed by atoms with Gasteiger partial charge in [-0.25, -0.2) is 9.97 Å². The van der Waals surface area contributed by atoms with Crippen LogP contribution in [0.25, 0.3) is 21.6 Å². The molecule has 0 aliphatic rings. The molecule has 3 aromatic rings. The van der Waals surface area contributed by atoms with Gasteiger partial charge in [0.1, 0.15) is 10.8 Å². The molecule has 0 saturated heterocycles. The van der Waals surface area contributed by atoms with E-state index in [1.54, 1.807) is 11.3 Å². The van der Waals surface area contributed by atoms with Crippen LogP contribution in [0.1, 0.15) is 31.3 Å². The zero-order valence-electron chi connectivity index (χ0n) is 11.0. The number of benzene rings is 1. The number of fused-ring (bicyclic) bond motifs is 1. The summed E-state index contributed by atoms with van der Waals surface area (Å²) in [4.78, 5) is 12.4. The molecule has 0 radical (unpaired) electrons. The van der Waals surface area contributed by atoms with E-state index in [1.807, 2.05) is 11.4 Å². The maximum atomic E-state index is 5.60. The van der Waals surface area contributed by atoms with Gasteiger partial charge in [0.2, 0.25) is 0 Å². The van der Waals surface area contributed by atoms with Gasteiger partial charge in [0.25, 0.3) is 0 Å². The third-order valence-corrected chi connectivity index (χ3v) is 4.00. The molecule has 0 unspecified atom stereocenters. The maximum absolute atomic E-state index is 5.60. The molecular weight excluding hydrogens is 256 g/mol. The minimum Gasteiger partial charge on any atom is -0.342 e. The normalized spacial score (nSPS) is 11.6. The minimum atomic E-state index is 0.402. The van der Waals surface area contributed by atoms with Crippen LogP contribution < -0.4 is 5.73 Å². The zero-order chi connectivity index (χ0) is 13.4. The van der Waals surface area contributed by atoms with Gasteiger partial charge in [0.05, 0.1) is 16.7 Å². The minimum absolute atomic E-state index is 0.402. The number of rotatable bonds is 3. The second-order valence-electron chi connectivity index (χ2n) is 4.86. The Labute approximate surface area is 115 Å². The highest BCUT2D eigenvalue weighted by atomic mass is 32.1. The number of nitrogens with one attached hydrogen (secondary N) is 1. The number of hydrogen-bond acceptors (Lipinski definition) is 4. The van der Waals surface area contributed by atoms with Crippen molar-refractivity contribution in [1.82, 2.24) is 15.0 Å². The first-order chi connectivity index (χ1) is 9.17. The van der Waals surface area contributed by atoms with Crippen LogP contribution >= 0.6 is 11.3 Å². The summed E-state index contributed by atoms with van der Waals surface area (Å²) in [6.45, 7) is 4.75. The van der Waals surface area contributed by atoms with E-state index in [1.165, 1.54) is 0 Å². The molecule has 98 valence electrons. The smallest absolute Gasteiger partial charge is 0.123 e. The Morgan fingerprint density at radius 2 is 2.16 bits per heavy atom. The molecule has 0 aliphatic heterocycles. The molecule has 3 rings (SSSR count). The van der Waals surface area contributed by atoms with Gasteiger partial charge in [-0.2, -0.15) is 0 Å². The van der Waals surface area contributed by atoms with E-state index in [-0.39, 0.29) is 0 Å². The van der Waals surface area contributed by atoms with Crippen LogP contribution in [0.15, 0.2) is 23.6 Å². The van der Waals surface area contributed by atoms with Crippen molar-refractivity contribution in [3.8, 4) is 10.6 Å². The fraction of sp³-hybridized carbons (Fsp3) is 0.286. The monoisotopic (exact) mass is 272 g/mol. The molecule has 2 heterocycles. The Kier molecular flexibility index (Phi) is 3.08. The van der Waals surface area contributed by atoms with Gasteiger partial charge in [0, 0.05) is 23.4 Å². The largest absolute Gasteiger partial charge is 0.342 e. The third kappa shape index (κ3) is 2.27. The lowest BCUT2D eigenvalue weighted by Crippen LogP contribution is -1.95. The molecule has 0 fully saturated rings. The number of H-pyrrole nitrogens is 1. The lowest BCUT2D eigenvalue weighted by atomic mass is 10.2. The summed E-state index contributed by atoms with van der Waals surface area (Å²) in [5.74, 6) is 1.42. The van der Waals surface area contributed by atoms with Gasteiger partial charge in [-0.05, 0) is 18.2 Å². The van der Waals surface area contributed by atoms with Crippen molar-refractivity contribution in [3.63, 3.8) is 0 Å². The highest BCUT2D eigenvalue weighted by Gasteiger charge is 2.09. The van der Waals surface area contributed by atoms with Gasteiger partial charge >= 0.3 is 0 Å². The van der Waals surface area contributed by atoms with Crippen molar-refractivity contribution in [1.29, 1.82) is 0 Å². The molecule has 0 saturated carbocycles. The second-order valence-corrected chi connectivity index (χ2v) is 5.71. The highest BCUT2D eigenvalue weighted by molar-refractivity contribution is 7.13. The Hall–Kier alpha value is -1.72. The second kappa shape index (κ2) is 4.75. The molecule has 0 aliphatic carbocycles. The molecule has 1 aromatic carbocycles. The van der Waals surface area contributed by atoms with Crippen LogP contribution in [0.2, 0.25) is 0 Å². The topological polar surface area (TPSA) is 67.6 Å². The van der Waals surface area contributed by atoms with E-state index in [0.29, 0.717) is 12.5 Å². The van der Waals surface area contributed by atoms with Crippen molar-refractivity contribution in [3.05, 3.63) is 35.1 Å². The molecule has 0 amide bonds. The van der Waals surface area contributed by atoms with E-state index in [0.717, 1.165) is 33.1 Å². The predicted octanol–water partition coefficient (Wildman–Crippen LogP) is 3.27. The average Bonchev–Trinajstić information content (AvgIpc) is 3.04. The highest BCUT2D eigenvalue weighted by Crippen LogP contribution is 2.27. The van der Waals surface area contributed by atoms with Gasteiger partial charge in [-0.1, -0.05) is 13.8 Å². The van der Waals surface area contributed by atoms with Gasteiger partial charge in [0.15, 0.2) is 0 Å². The van der Waals surface area contributed by atoms with E-state index >= 15 is 0 Å². The number of nitrogens with zero attached hydrogens (tertiary/aromatic N) is 2. The molecule has 19 heavy (non-hydrogen) atoms. The van der Waals surface area contributed by atoms with E-state index in [2.05, 4.69) is 40.9 Å². The first-order valence-electron chi connectivity index (χ1n) is 6.32. The number of hydrogen-bond donors (Lipinski definition) is 2. The van der Waals surface area contributed by atoms with Crippen LogP contribution in [-0.4, -0.2) is 15.0 Å². The Morgan fingerprint density at radius 3 is 2.84 bits per heavy atom. The summed E-state index contributed by atoms with van der Waals surface area (Å²) < 4.78 is 0. The lowest BCUT2D eigenvalue weighted by molar-refractivity contribution is 0.799. The Balaban J connectivity index is 2.05. The van der Waals surface area contributed by atoms with Crippen molar-refractivity contribution >= 4 is 22.4 Å². The quantitative estimate of drug-likeness (QED) is 0.769. The molecule has 0 atom stereocenters. The van der Waals surface area contributed by atoms with Gasteiger partial charge in [-0.3, -0.25) is 0 Å². The molecule has 5 heteroatoms. The van der Waals surface area contributed by atoms with Crippen LogP contribution in [0.5, 0.6) is 0 Å². The van der Waals surface area contributed by atoms with Crippen molar-refractivity contribution < 1.29 is 0 Å². The van der Waals surface area contributed by atoms with E-state index < -0.39 is 0 Å². The average molecular weight is 272 g/mol. The molecule has 4 nitrogen and oxygen atoms in total. The Morgan fingerprint density at radius 1 is 1.32 bits per heavy atom. The lowest BCUT2D eigenvalue weighted by Gasteiger charge is -1.96. The summed E-state index contributed by atoms with van der Waals surface area (Å²) in [5.41, 5.74) is 9.71. The van der Waals surface area contributed by atoms with Crippen molar-refractivity contribution in [2.75, 3.05) is 0 Å². The number of nitrogens with two attached hydrogens (primary N) is 1. The fourth-order valence-electron chi connectivity index (χ4n) is 1.97. The van der Waals surface area contributed by atoms with Gasteiger partial charge < -0.3 is 10.7 Å². The van der Waals surface area contributed by atoms with Crippen molar-refractivity contribution in [2.24, 2.45) is 5.73 Å². The van der Waals surface area contributed by atoms with Crippen LogP contribution in [0.3, 0.4) is 0 Å². The summed E-state index contributed by atoms with van der Waals surface area (Å²) in [5, 5.41) is 3.01. The number of imidazole rings is 1. The first kappa shape index (κ1) is 12.3. The molecule has 0 bridgehead atoms. The van der Waals surface area contributed by atoms with Gasteiger partial charge in [-0.15, -0.1) is 11.3 Å². The predicted molar refractivity (Wildman–Crippen MR) is 79.2 cm³/mol. The standard InChI is InChI=1S/C14H16N4S/c1-8(2)13-17-11-4-3-9(5-12(11)18-13)14-16-10(6-15)7-19-14/h3-5,7-8H,6,15H2,1-2H3,(H,17,18). The first-order valence-corrected chi connectivity index (χ1v) is 7.20. The molecule has 3 N–H and O–H groups in total. The third-order valence-electron chi connectivity index (χ3n) is 3.05. The summed E-state index contributed by atoms with van der Waals surface area (Å²) in [7, 11) is 0. The van der Waals surface area contributed by atoms with Crippen LogP contribution in [-0.2, 0) is 6.54 Å². The fourth-order valence-corrected chi connectivity index (χ4v) is 2.80. The summed E-state index contributed by atoms with van der Waals surface area (Å²) >= 11 is 1.62. The number of aromatic nitrogens is 3. The molecular formula is C14H16N4S. The number of thiazole rings is 1. The zero-order valence-corrected chi connectivity index (χ0v) is 11.8. The summed E-state index contributed by atoms with van der Waals surface area (Å²) in [6, 6.07) is 6.20. The van der Waals surface area contributed by atoms with Crippen LogP contribution in [0, 0.1) is 0 Å². The van der Waals surface area contributed by atoms with Crippen LogP contribution in [0.4, 0.5) is 0 Å². The van der Waals surface area contributed by atoms with Crippen molar-refractivity contribution in [2.45, 2.75) is 26.3 Å². The SMILES string of the molecule is CC(C)c1nc2ccc(-c3nc(CN)cs3)cc2[nH]1. The molecule has 2 aromatic heterocycles. The Bertz CT molecular complexity index is 711. The summed E-state index contributed by atoms with van der Waals surface area (Å²) in [6.07, 6.45) is 0. The number of aromatic amines is 1.